The van der Waals surface area contributed by atoms with Crippen LogP contribution in [0.1, 0.15) is 39.1 Å². The van der Waals surface area contributed by atoms with E-state index in [-0.39, 0.29) is 42.9 Å². The topological polar surface area (TPSA) is 101 Å². The van der Waals surface area contributed by atoms with Crippen LogP contribution in [0.4, 0.5) is 5.69 Å². The maximum atomic E-state index is 12.9. The van der Waals surface area contributed by atoms with Gasteiger partial charge in [0, 0.05) is 60.2 Å². The molecular weight excluding hydrogens is 446 g/mol. The Balaban J connectivity index is 1.40. The fourth-order valence-electron chi connectivity index (χ4n) is 4.00. The van der Waals surface area contributed by atoms with Gasteiger partial charge >= 0.3 is 0 Å². The molecular formula is C24H20ClN3O5. The molecule has 0 radical (unpaired) electrons. The largest absolute Gasteiger partial charge is 0.341 e. The first-order chi connectivity index (χ1) is 15.8. The van der Waals surface area contributed by atoms with Crippen molar-refractivity contribution in [1.82, 2.24) is 9.80 Å². The number of hydrogen-bond acceptors (Lipinski definition) is 5. The highest BCUT2D eigenvalue weighted by molar-refractivity contribution is 6.31. The summed E-state index contributed by atoms with van der Waals surface area (Å²) in [6.07, 6.45) is 0.396. The minimum Gasteiger partial charge on any atom is -0.341 e. The molecule has 0 aliphatic carbocycles. The lowest BCUT2D eigenvalue weighted by atomic mass is 9.94. The monoisotopic (exact) mass is 465 g/mol. The smallest absolute Gasteiger partial charge is 0.269 e. The summed E-state index contributed by atoms with van der Waals surface area (Å²) in [6, 6.07) is 14.8. The van der Waals surface area contributed by atoms with Crippen molar-refractivity contribution in [3.05, 3.63) is 86.4 Å². The quantitative estimate of drug-likeness (QED) is 0.292. The van der Waals surface area contributed by atoms with Gasteiger partial charge in [-0.3, -0.25) is 29.4 Å². The number of nitro groups is 1. The van der Waals surface area contributed by atoms with Crippen molar-refractivity contribution in [3.8, 4) is 0 Å². The van der Waals surface area contributed by atoms with E-state index in [9.17, 15) is 24.5 Å². The molecule has 3 aromatic carbocycles. The van der Waals surface area contributed by atoms with Crippen LogP contribution in [0.2, 0.25) is 5.02 Å². The number of benzene rings is 3. The van der Waals surface area contributed by atoms with Crippen LogP contribution in [-0.4, -0.2) is 46.0 Å². The van der Waals surface area contributed by atoms with E-state index >= 15 is 0 Å². The summed E-state index contributed by atoms with van der Waals surface area (Å²) >= 11 is 6.12. The van der Waals surface area contributed by atoms with E-state index < -0.39 is 4.92 Å². The van der Waals surface area contributed by atoms with Crippen LogP contribution in [0.5, 0.6) is 0 Å². The van der Waals surface area contributed by atoms with E-state index in [2.05, 4.69) is 0 Å². The van der Waals surface area contributed by atoms with Crippen molar-refractivity contribution in [3.63, 3.8) is 0 Å². The first kappa shape index (κ1) is 22.4. The molecule has 9 heteroatoms. The molecule has 0 N–H and O–H groups in total. The fraction of sp³-hybridized carbons (Fsp3) is 0.208. The molecule has 1 heterocycles. The summed E-state index contributed by atoms with van der Waals surface area (Å²) in [6.45, 7) is 0.218. The number of imide groups is 1. The Labute approximate surface area is 194 Å². The van der Waals surface area contributed by atoms with Gasteiger partial charge in [0.15, 0.2) is 0 Å². The molecule has 168 valence electrons. The summed E-state index contributed by atoms with van der Waals surface area (Å²) in [5.74, 6) is -0.959. The third kappa shape index (κ3) is 4.29. The van der Waals surface area contributed by atoms with Crippen LogP contribution < -0.4 is 0 Å². The van der Waals surface area contributed by atoms with Crippen molar-refractivity contribution >= 4 is 45.8 Å². The average Bonchev–Trinajstić information content (AvgIpc) is 2.80. The zero-order valence-electron chi connectivity index (χ0n) is 17.8. The summed E-state index contributed by atoms with van der Waals surface area (Å²) in [5.41, 5.74) is 1.32. The van der Waals surface area contributed by atoms with E-state index in [1.54, 1.807) is 31.3 Å². The molecule has 1 aliphatic rings. The van der Waals surface area contributed by atoms with Crippen LogP contribution >= 0.6 is 11.6 Å². The van der Waals surface area contributed by atoms with Gasteiger partial charge in [-0.25, -0.2) is 0 Å². The fourth-order valence-corrected chi connectivity index (χ4v) is 4.18. The Morgan fingerprint density at radius 3 is 2.30 bits per heavy atom. The van der Waals surface area contributed by atoms with E-state index in [4.69, 9.17) is 11.6 Å². The highest BCUT2D eigenvalue weighted by atomic mass is 35.5. The zero-order valence-corrected chi connectivity index (χ0v) is 18.5. The van der Waals surface area contributed by atoms with Crippen molar-refractivity contribution in [1.29, 1.82) is 0 Å². The van der Waals surface area contributed by atoms with Crippen molar-refractivity contribution in [2.75, 3.05) is 13.6 Å². The van der Waals surface area contributed by atoms with Gasteiger partial charge in [-0.1, -0.05) is 35.9 Å². The van der Waals surface area contributed by atoms with Crippen LogP contribution in [0, 0.1) is 10.1 Å². The van der Waals surface area contributed by atoms with E-state index in [0.717, 1.165) is 5.39 Å². The lowest BCUT2D eigenvalue weighted by molar-refractivity contribution is -0.384. The molecule has 0 fully saturated rings. The predicted molar refractivity (Wildman–Crippen MR) is 123 cm³/mol. The molecule has 0 atom stereocenters. The second-order valence-corrected chi connectivity index (χ2v) is 8.26. The molecule has 0 unspecified atom stereocenters. The normalized spacial score (nSPS) is 12.8. The number of carbonyl (C=O) groups is 3. The lowest BCUT2D eigenvalue weighted by Gasteiger charge is -2.27. The molecule has 3 aromatic rings. The number of halogens is 1. The number of non-ortho nitro benzene ring substituents is 1. The van der Waals surface area contributed by atoms with Gasteiger partial charge in [-0.05, 0) is 35.6 Å². The van der Waals surface area contributed by atoms with Gasteiger partial charge in [0.25, 0.3) is 17.5 Å². The minimum atomic E-state index is -0.521. The molecule has 0 saturated carbocycles. The zero-order chi connectivity index (χ0) is 23.7. The Morgan fingerprint density at radius 1 is 1.06 bits per heavy atom. The van der Waals surface area contributed by atoms with Crippen LogP contribution in [0.25, 0.3) is 10.8 Å². The van der Waals surface area contributed by atoms with Gasteiger partial charge in [-0.2, -0.15) is 0 Å². The third-order valence-electron chi connectivity index (χ3n) is 5.70. The maximum Gasteiger partial charge on any atom is 0.269 e. The molecule has 8 nitrogen and oxygen atoms in total. The third-order valence-corrected chi connectivity index (χ3v) is 6.07. The predicted octanol–water partition coefficient (Wildman–Crippen LogP) is 4.44. The van der Waals surface area contributed by atoms with Gasteiger partial charge in [0.2, 0.25) is 5.91 Å². The maximum absolute atomic E-state index is 12.9. The number of amides is 3. The number of hydrogen-bond donors (Lipinski definition) is 0. The second-order valence-electron chi connectivity index (χ2n) is 7.86. The number of carbonyl (C=O) groups excluding carboxylic acids is 3. The highest BCUT2D eigenvalue weighted by Gasteiger charge is 2.32. The number of rotatable bonds is 7. The van der Waals surface area contributed by atoms with Crippen LogP contribution in [0.15, 0.2) is 54.6 Å². The first-order valence-corrected chi connectivity index (χ1v) is 10.7. The Hall–Kier alpha value is -3.78. The molecule has 33 heavy (non-hydrogen) atoms. The molecule has 3 amide bonds. The average molecular weight is 466 g/mol. The van der Waals surface area contributed by atoms with Crippen molar-refractivity contribution in [2.45, 2.75) is 19.4 Å². The molecule has 1 aliphatic heterocycles. The molecule has 0 aromatic heterocycles. The molecule has 0 spiro atoms. The highest BCUT2D eigenvalue weighted by Crippen LogP contribution is 2.30. The van der Waals surface area contributed by atoms with E-state index in [0.29, 0.717) is 33.5 Å². The SMILES string of the molecule is CN(Cc1cc([N+](=O)[O-])ccc1Cl)C(=O)CCCN1C(=O)c2cccc3cccc(c23)C1=O. The minimum absolute atomic E-state index is 0.103. The summed E-state index contributed by atoms with van der Waals surface area (Å²) in [7, 11) is 1.58. The number of nitrogens with zero attached hydrogens (tertiary/aromatic N) is 3. The molecule has 0 saturated heterocycles. The summed E-state index contributed by atoms with van der Waals surface area (Å²) in [5, 5.41) is 12.8. The summed E-state index contributed by atoms with van der Waals surface area (Å²) < 4.78 is 0. The van der Waals surface area contributed by atoms with Crippen molar-refractivity contribution in [2.24, 2.45) is 0 Å². The van der Waals surface area contributed by atoms with Crippen LogP contribution in [-0.2, 0) is 11.3 Å². The van der Waals surface area contributed by atoms with Crippen LogP contribution in [0.3, 0.4) is 0 Å². The Bertz CT molecular complexity index is 1260. The van der Waals surface area contributed by atoms with E-state index in [1.807, 2.05) is 12.1 Å². The van der Waals surface area contributed by atoms with E-state index in [1.165, 1.54) is 28.0 Å². The van der Waals surface area contributed by atoms with Gasteiger partial charge in [-0.15, -0.1) is 0 Å². The number of nitro benzene ring substituents is 1. The lowest BCUT2D eigenvalue weighted by Crippen LogP contribution is -2.41. The Kier molecular flexibility index (Phi) is 6.11. The van der Waals surface area contributed by atoms with Crippen molar-refractivity contribution < 1.29 is 19.3 Å². The Morgan fingerprint density at radius 2 is 1.70 bits per heavy atom. The van der Waals surface area contributed by atoms with Gasteiger partial charge in [0.1, 0.15) is 0 Å². The standard InChI is InChI=1S/C24H20ClN3O5/c1-26(14-16-13-17(28(32)33)10-11-20(16)25)21(29)9-4-12-27-23(30)18-7-2-5-15-6-3-8-19(22(15)18)24(27)31/h2-3,5-8,10-11,13H,4,9,12,14H2,1H3. The second kappa shape index (κ2) is 8.99. The summed E-state index contributed by atoms with van der Waals surface area (Å²) in [4.78, 5) is 51.5. The first-order valence-electron chi connectivity index (χ1n) is 10.3. The van der Waals surface area contributed by atoms with Gasteiger partial charge in [0.05, 0.1) is 4.92 Å². The molecule has 0 bridgehead atoms. The molecule has 4 rings (SSSR count). The van der Waals surface area contributed by atoms with Gasteiger partial charge < -0.3 is 4.90 Å².